The molecule has 1 unspecified atom stereocenters. The fourth-order valence-corrected chi connectivity index (χ4v) is 2.13. The molecule has 0 saturated heterocycles. The third kappa shape index (κ3) is 4.46. The molecular formula is C17H28N2O2. The van der Waals surface area contributed by atoms with Crippen molar-refractivity contribution in [2.75, 3.05) is 14.2 Å². The monoisotopic (exact) mass is 292 g/mol. The largest absolute Gasteiger partial charge is 0.496 e. The van der Waals surface area contributed by atoms with Gasteiger partial charge in [0.15, 0.2) is 0 Å². The number of nitrogens with two attached hydrogens (primary N) is 1. The zero-order valence-electron chi connectivity index (χ0n) is 14.0. The number of para-hydroxylation sites is 1. The average molecular weight is 292 g/mol. The van der Waals surface area contributed by atoms with Crippen LogP contribution in [0.1, 0.15) is 33.3 Å². The number of benzene rings is 1. The summed E-state index contributed by atoms with van der Waals surface area (Å²) < 4.78 is 5.36. The fraction of sp³-hybridized carbons (Fsp3) is 0.588. The Morgan fingerprint density at radius 2 is 1.90 bits per heavy atom. The molecule has 1 aromatic carbocycles. The fourth-order valence-electron chi connectivity index (χ4n) is 2.13. The highest BCUT2D eigenvalue weighted by atomic mass is 16.5. The van der Waals surface area contributed by atoms with E-state index in [9.17, 15) is 4.79 Å². The van der Waals surface area contributed by atoms with Gasteiger partial charge in [-0.2, -0.15) is 0 Å². The van der Waals surface area contributed by atoms with Crippen LogP contribution in [-0.4, -0.2) is 37.0 Å². The number of methoxy groups -OCH3 is 1. The Labute approximate surface area is 128 Å². The van der Waals surface area contributed by atoms with E-state index < -0.39 is 6.04 Å². The normalized spacial score (nSPS) is 14.4. The first kappa shape index (κ1) is 17.5. The second-order valence-electron chi connectivity index (χ2n) is 6.66. The summed E-state index contributed by atoms with van der Waals surface area (Å²) in [4.78, 5) is 14.2. The molecule has 118 valence electrons. The van der Waals surface area contributed by atoms with Crippen LogP contribution in [0.15, 0.2) is 24.3 Å². The Bertz CT molecular complexity index is 480. The van der Waals surface area contributed by atoms with Crippen LogP contribution in [0, 0.1) is 5.41 Å². The first-order valence-corrected chi connectivity index (χ1v) is 7.32. The van der Waals surface area contributed by atoms with E-state index in [0.717, 1.165) is 17.7 Å². The number of rotatable bonds is 5. The van der Waals surface area contributed by atoms with Gasteiger partial charge in [0, 0.05) is 13.1 Å². The molecule has 0 spiro atoms. The van der Waals surface area contributed by atoms with Crippen molar-refractivity contribution in [2.24, 2.45) is 11.1 Å². The number of amides is 1. The van der Waals surface area contributed by atoms with Gasteiger partial charge >= 0.3 is 0 Å². The Balaban J connectivity index is 2.79. The maximum atomic E-state index is 12.4. The van der Waals surface area contributed by atoms with Crippen LogP contribution in [0.2, 0.25) is 0 Å². The van der Waals surface area contributed by atoms with Crippen LogP contribution in [0.5, 0.6) is 5.75 Å². The molecule has 0 fully saturated rings. The third-order valence-corrected chi connectivity index (χ3v) is 3.92. The van der Waals surface area contributed by atoms with Gasteiger partial charge in [-0.1, -0.05) is 39.0 Å². The Morgan fingerprint density at radius 3 is 2.43 bits per heavy atom. The summed E-state index contributed by atoms with van der Waals surface area (Å²) in [6, 6.07) is 7.44. The molecule has 0 aliphatic carbocycles. The summed E-state index contributed by atoms with van der Waals surface area (Å²) in [5.41, 5.74) is 6.92. The van der Waals surface area contributed by atoms with E-state index in [4.69, 9.17) is 10.5 Å². The van der Waals surface area contributed by atoms with Crippen molar-refractivity contribution in [1.29, 1.82) is 0 Å². The molecule has 0 heterocycles. The number of hydrogen-bond donors (Lipinski definition) is 1. The van der Waals surface area contributed by atoms with E-state index in [1.807, 2.05) is 59.0 Å². The number of carbonyl (C=O) groups is 1. The molecule has 0 aliphatic rings. The maximum absolute atomic E-state index is 12.4. The smallest absolute Gasteiger partial charge is 0.240 e. The van der Waals surface area contributed by atoms with Crippen molar-refractivity contribution in [1.82, 2.24) is 4.90 Å². The molecule has 2 N–H and O–H groups in total. The minimum atomic E-state index is -0.498. The lowest BCUT2D eigenvalue weighted by atomic mass is 9.86. The van der Waals surface area contributed by atoms with Gasteiger partial charge in [-0.3, -0.25) is 4.79 Å². The quantitative estimate of drug-likeness (QED) is 0.907. The minimum Gasteiger partial charge on any atom is -0.496 e. The van der Waals surface area contributed by atoms with Crippen molar-refractivity contribution in [3.05, 3.63) is 29.8 Å². The van der Waals surface area contributed by atoms with E-state index >= 15 is 0 Å². The summed E-state index contributed by atoms with van der Waals surface area (Å²) in [5.74, 6) is 0.829. The van der Waals surface area contributed by atoms with Crippen molar-refractivity contribution in [3.8, 4) is 5.75 Å². The van der Waals surface area contributed by atoms with E-state index in [-0.39, 0.29) is 17.4 Å². The van der Waals surface area contributed by atoms with Crippen molar-refractivity contribution in [3.63, 3.8) is 0 Å². The summed E-state index contributed by atoms with van der Waals surface area (Å²) in [7, 11) is 3.47. The lowest BCUT2D eigenvalue weighted by Gasteiger charge is -2.33. The topological polar surface area (TPSA) is 55.6 Å². The predicted octanol–water partition coefficient (Wildman–Crippen LogP) is 2.46. The molecule has 1 amide bonds. The SMILES string of the molecule is COc1ccccc1CC(C)N(C)C(=O)[C@@H](N)C(C)(C)C. The van der Waals surface area contributed by atoms with Gasteiger partial charge in [-0.05, 0) is 30.4 Å². The van der Waals surface area contributed by atoms with Crippen molar-refractivity contribution < 1.29 is 9.53 Å². The van der Waals surface area contributed by atoms with E-state index in [2.05, 4.69) is 0 Å². The zero-order valence-corrected chi connectivity index (χ0v) is 14.0. The molecule has 1 rings (SSSR count). The molecule has 4 heteroatoms. The molecular weight excluding hydrogens is 264 g/mol. The molecule has 0 bridgehead atoms. The Hall–Kier alpha value is -1.55. The lowest BCUT2D eigenvalue weighted by molar-refractivity contribution is -0.135. The van der Waals surface area contributed by atoms with Crippen molar-refractivity contribution >= 4 is 5.91 Å². The van der Waals surface area contributed by atoms with Crippen LogP contribution in [0.4, 0.5) is 0 Å². The first-order chi connectivity index (χ1) is 9.68. The van der Waals surface area contributed by atoms with Gasteiger partial charge in [-0.25, -0.2) is 0 Å². The molecule has 21 heavy (non-hydrogen) atoms. The maximum Gasteiger partial charge on any atom is 0.240 e. The second-order valence-corrected chi connectivity index (χ2v) is 6.66. The minimum absolute atomic E-state index is 0.0232. The summed E-state index contributed by atoms with van der Waals surface area (Å²) in [5, 5.41) is 0. The van der Waals surface area contributed by atoms with Crippen LogP contribution in [0.3, 0.4) is 0 Å². The van der Waals surface area contributed by atoms with Gasteiger partial charge in [0.1, 0.15) is 5.75 Å². The molecule has 0 aromatic heterocycles. The van der Waals surface area contributed by atoms with E-state index in [1.54, 1.807) is 12.0 Å². The van der Waals surface area contributed by atoms with Crippen molar-refractivity contribution in [2.45, 2.75) is 46.2 Å². The molecule has 0 radical (unpaired) electrons. The lowest BCUT2D eigenvalue weighted by Crippen LogP contribution is -2.51. The summed E-state index contributed by atoms with van der Waals surface area (Å²) in [6.07, 6.45) is 0.739. The highest BCUT2D eigenvalue weighted by Gasteiger charge is 2.31. The zero-order chi connectivity index (χ0) is 16.2. The van der Waals surface area contributed by atoms with Crippen LogP contribution in [0.25, 0.3) is 0 Å². The van der Waals surface area contributed by atoms with Crippen LogP contribution < -0.4 is 10.5 Å². The van der Waals surface area contributed by atoms with E-state index in [1.165, 1.54) is 0 Å². The first-order valence-electron chi connectivity index (χ1n) is 7.32. The van der Waals surface area contributed by atoms with Gasteiger partial charge in [0.05, 0.1) is 13.2 Å². The standard InChI is InChI=1S/C17H28N2O2/c1-12(11-13-9-7-8-10-14(13)21-6)19(5)16(20)15(18)17(2,3)4/h7-10,12,15H,11,18H2,1-6H3/t12?,15-/m1/s1. The molecule has 2 atom stereocenters. The van der Waals surface area contributed by atoms with Gasteiger partial charge < -0.3 is 15.4 Å². The predicted molar refractivity (Wildman–Crippen MR) is 86.4 cm³/mol. The van der Waals surface area contributed by atoms with Gasteiger partial charge in [-0.15, -0.1) is 0 Å². The van der Waals surface area contributed by atoms with E-state index in [0.29, 0.717) is 0 Å². The third-order valence-electron chi connectivity index (χ3n) is 3.92. The van der Waals surface area contributed by atoms with Crippen LogP contribution >= 0.6 is 0 Å². The molecule has 0 saturated carbocycles. The summed E-state index contributed by atoms with van der Waals surface area (Å²) >= 11 is 0. The second kappa shape index (κ2) is 6.94. The molecule has 0 aliphatic heterocycles. The number of carbonyl (C=O) groups excluding carboxylic acids is 1. The van der Waals surface area contributed by atoms with Crippen LogP contribution in [-0.2, 0) is 11.2 Å². The van der Waals surface area contributed by atoms with Gasteiger partial charge in [0.25, 0.3) is 0 Å². The number of hydrogen-bond acceptors (Lipinski definition) is 3. The highest BCUT2D eigenvalue weighted by Crippen LogP contribution is 2.22. The highest BCUT2D eigenvalue weighted by molar-refractivity contribution is 5.82. The average Bonchev–Trinajstić information content (AvgIpc) is 2.44. The summed E-state index contributed by atoms with van der Waals surface area (Å²) in [6.45, 7) is 7.97. The van der Waals surface area contributed by atoms with Gasteiger partial charge in [0.2, 0.25) is 5.91 Å². The number of likely N-dealkylation sites (N-methyl/N-ethyl adjacent to an activating group) is 1. The Kier molecular flexibility index (Phi) is 5.78. The molecule has 1 aromatic rings. The molecule has 4 nitrogen and oxygen atoms in total. The number of ether oxygens (including phenoxy) is 1. The Morgan fingerprint density at radius 1 is 1.33 bits per heavy atom. The number of nitrogens with zero attached hydrogens (tertiary/aromatic N) is 1.